The number of carbonyl (C=O) groups is 2. The van der Waals surface area contributed by atoms with Crippen LogP contribution in [0.4, 0.5) is 0 Å². The molecule has 0 aromatic carbocycles. The van der Waals surface area contributed by atoms with E-state index in [9.17, 15) is 14.7 Å². The van der Waals surface area contributed by atoms with E-state index < -0.39 is 12.0 Å². The van der Waals surface area contributed by atoms with E-state index in [1.165, 1.54) is 0 Å². The van der Waals surface area contributed by atoms with Gasteiger partial charge < -0.3 is 20.8 Å². The van der Waals surface area contributed by atoms with Gasteiger partial charge in [0.2, 0.25) is 0 Å². The lowest BCUT2D eigenvalue weighted by Crippen LogP contribution is -2.32. The van der Waals surface area contributed by atoms with Crippen LogP contribution in [0.25, 0.3) is 33.7 Å². The molecular formula is C36H45N5O3. The number of hydrogen-bond donors (Lipinski definition) is 4. The maximum Gasteiger partial charge on any atom is 0.303 e. The molecule has 2 aliphatic heterocycles. The predicted molar refractivity (Wildman–Crippen MR) is 177 cm³/mol. The van der Waals surface area contributed by atoms with Crippen molar-refractivity contribution in [3.63, 3.8) is 0 Å². The highest BCUT2D eigenvalue weighted by Gasteiger charge is 2.39. The van der Waals surface area contributed by atoms with Gasteiger partial charge >= 0.3 is 5.97 Å². The summed E-state index contributed by atoms with van der Waals surface area (Å²) in [4.78, 5) is 41.9. The lowest BCUT2D eigenvalue weighted by atomic mass is 9.74. The zero-order chi connectivity index (χ0) is 31.9. The smallest absolute Gasteiger partial charge is 0.303 e. The summed E-state index contributed by atoms with van der Waals surface area (Å²) in [5.74, 6) is -0.445. The number of aromatic nitrogens is 4. The van der Waals surface area contributed by atoms with E-state index in [2.05, 4.69) is 81.9 Å². The number of hydrogen-bond acceptors (Lipinski definition) is 5. The predicted octanol–water partition coefficient (Wildman–Crippen LogP) is 7.29. The molecule has 0 unspecified atom stereocenters. The van der Waals surface area contributed by atoms with Gasteiger partial charge in [0, 0.05) is 57.6 Å². The van der Waals surface area contributed by atoms with Crippen molar-refractivity contribution in [2.75, 3.05) is 0 Å². The molecule has 0 fully saturated rings. The van der Waals surface area contributed by atoms with Gasteiger partial charge in [-0.2, -0.15) is 0 Å². The van der Waals surface area contributed by atoms with Crippen molar-refractivity contribution >= 4 is 45.5 Å². The lowest BCUT2D eigenvalue weighted by molar-refractivity contribution is -0.137. The van der Waals surface area contributed by atoms with Crippen LogP contribution in [0.3, 0.4) is 0 Å². The van der Waals surface area contributed by atoms with Crippen LogP contribution in [0, 0.1) is 19.8 Å². The Labute approximate surface area is 259 Å². The summed E-state index contributed by atoms with van der Waals surface area (Å²) in [6.07, 6.45) is 4.14. The van der Waals surface area contributed by atoms with Crippen molar-refractivity contribution in [1.82, 2.24) is 19.9 Å². The monoisotopic (exact) mass is 595 g/mol. The minimum absolute atomic E-state index is 0.0226. The van der Waals surface area contributed by atoms with Crippen LogP contribution in [-0.4, -0.2) is 42.8 Å². The average Bonchev–Trinajstić information content (AvgIpc) is 3.60. The van der Waals surface area contributed by atoms with E-state index in [0.717, 1.165) is 67.1 Å². The summed E-state index contributed by atoms with van der Waals surface area (Å²) in [5.41, 5.74) is 17.3. The summed E-state index contributed by atoms with van der Waals surface area (Å²) in [5, 5.41) is 9.52. The van der Waals surface area contributed by atoms with Gasteiger partial charge in [0.05, 0.1) is 17.4 Å². The first-order chi connectivity index (χ1) is 20.7. The molecule has 8 bridgehead atoms. The van der Waals surface area contributed by atoms with E-state index in [0.29, 0.717) is 31.6 Å². The largest absolute Gasteiger partial charge is 0.481 e. The molecule has 3 aromatic heterocycles. The maximum absolute atomic E-state index is 13.1. The van der Waals surface area contributed by atoms with Gasteiger partial charge in [0.15, 0.2) is 0 Å². The third-order valence-electron chi connectivity index (χ3n) is 9.25. The fourth-order valence-electron chi connectivity index (χ4n) is 6.56. The van der Waals surface area contributed by atoms with Crippen LogP contribution in [-0.2, 0) is 21.4 Å². The number of carboxylic acids is 1. The molecule has 5 rings (SSSR count). The molecule has 8 heteroatoms. The molecule has 3 aromatic rings. The molecule has 2 atom stereocenters. The van der Waals surface area contributed by atoms with Gasteiger partial charge in [-0.15, -0.1) is 0 Å². The average molecular weight is 596 g/mol. The third-order valence-corrected chi connectivity index (χ3v) is 9.25. The first-order valence-electron chi connectivity index (χ1n) is 15.6. The molecule has 5 N–H and O–H groups in total. The zero-order valence-electron chi connectivity index (χ0n) is 27.0. The van der Waals surface area contributed by atoms with Gasteiger partial charge in [-0.25, -0.2) is 4.98 Å². The number of fused-ring (bicyclic) bond motifs is 8. The number of aromatic amines is 2. The number of allylic oxidation sites excluding steroid dienone is 1. The van der Waals surface area contributed by atoms with Crippen molar-refractivity contribution in [1.29, 1.82) is 0 Å². The third kappa shape index (κ3) is 6.41. The van der Waals surface area contributed by atoms with E-state index in [1.807, 2.05) is 13.0 Å². The van der Waals surface area contributed by atoms with Crippen LogP contribution in [0.15, 0.2) is 30.3 Å². The van der Waals surface area contributed by atoms with Crippen LogP contribution >= 0.6 is 0 Å². The molecule has 2 aliphatic rings. The van der Waals surface area contributed by atoms with Gasteiger partial charge in [-0.1, -0.05) is 27.7 Å². The lowest BCUT2D eigenvalue weighted by Gasteiger charge is -2.27. The number of rotatable bonds is 9. The number of carbonyl (C=O) groups excluding carboxylic acids is 1. The Hall–Kier alpha value is -4.04. The standard InChI is InChI=1S/C36H45N5O3/c1-19(2)12-27(37)33(42)10-9-26-32-17-31-25(8-11-35(43)44)22(5)30(40-31)16-24-13-20(3)28(38-24)15-23-14-21(4)29(39-23)18-34(41-32)36(26,6)7/h13-19,26-27,39-40H,8-12,37H2,1-7H3,(H,43,44)/t26-,27-/m0/s1. The van der Waals surface area contributed by atoms with Crippen molar-refractivity contribution < 1.29 is 14.7 Å². The Bertz CT molecular complexity index is 1810. The fourth-order valence-corrected chi connectivity index (χ4v) is 6.56. The van der Waals surface area contributed by atoms with Crippen molar-refractivity contribution in [2.45, 2.75) is 97.9 Å². The summed E-state index contributed by atoms with van der Waals surface area (Å²) >= 11 is 0. The number of carboxylic acid groups (broad SMARTS) is 1. The molecule has 0 radical (unpaired) electrons. The van der Waals surface area contributed by atoms with Crippen LogP contribution < -0.4 is 5.73 Å². The zero-order valence-corrected chi connectivity index (χ0v) is 27.0. The quantitative estimate of drug-likeness (QED) is 0.205. The molecule has 0 saturated heterocycles. The number of aryl methyl sites for hydroxylation is 3. The van der Waals surface area contributed by atoms with E-state index in [1.54, 1.807) is 0 Å². The van der Waals surface area contributed by atoms with Crippen LogP contribution in [0.2, 0.25) is 0 Å². The number of nitrogens with zero attached hydrogens (tertiary/aromatic N) is 2. The Morgan fingerprint density at radius 1 is 0.977 bits per heavy atom. The molecule has 44 heavy (non-hydrogen) atoms. The molecule has 8 nitrogen and oxygen atoms in total. The second kappa shape index (κ2) is 12.2. The van der Waals surface area contributed by atoms with Gasteiger partial charge in [0.25, 0.3) is 0 Å². The molecular weight excluding hydrogens is 550 g/mol. The number of H-pyrrole nitrogens is 2. The van der Waals surface area contributed by atoms with Crippen molar-refractivity contribution in [3.05, 3.63) is 69.8 Å². The number of ketones is 1. The number of nitrogens with one attached hydrogen (secondary N) is 2. The van der Waals surface area contributed by atoms with Crippen LogP contribution in [0.5, 0.6) is 0 Å². The molecule has 0 saturated carbocycles. The molecule has 5 heterocycles. The SMILES string of the molecule is CC1=Cc2cc3[nH]c(cc4nc(cc5[nH]c(cc1n2)cc5C)C(C)(C)[C@H]4CCC(=O)[C@@H](N)CC(C)C)c(CCC(=O)O)c3C. The Morgan fingerprint density at radius 3 is 2.43 bits per heavy atom. The second-order valence-corrected chi connectivity index (χ2v) is 13.5. The highest BCUT2D eigenvalue weighted by Crippen LogP contribution is 2.45. The maximum atomic E-state index is 13.1. The second-order valence-electron chi connectivity index (χ2n) is 13.5. The molecule has 0 aliphatic carbocycles. The Kier molecular flexibility index (Phi) is 8.67. The van der Waals surface area contributed by atoms with E-state index >= 15 is 0 Å². The topological polar surface area (TPSA) is 138 Å². The molecule has 232 valence electrons. The minimum Gasteiger partial charge on any atom is -0.481 e. The van der Waals surface area contributed by atoms with E-state index in [-0.39, 0.29) is 23.5 Å². The highest BCUT2D eigenvalue weighted by molar-refractivity contribution is 5.85. The van der Waals surface area contributed by atoms with Crippen molar-refractivity contribution in [3.8, 4) is 0 Å². The highest BCUT2D eigenvalue weighted by atomic mass is 16.4. The summed E-state index contributed by atoms with van der Waals surface area (Å²) < 4.78 is 0. The summed E-state index contributed by atoms with van der Waals surface area (Å²) in [6, 6.07) is 9.94. The Balaban J connectivity index is 1.75. The van der Waals surface area contributed by atoms with E-state index in [4.69, 9.17) is 15.7 Å². The van der Waals surface area contributed by atoms with Crippen LogP contribution in [0.1, 0.15) is 106 Å². The normalized spacial score (nSPS) is 16.7. The molecule has 0 spiro atoms. The van der Waals surface area contributed by atoms with Gasteiger partial charge in [0.1, 0.15) is 5.78 Å². The minimum atomic E-state index is -0.840. The number of aliphatic carboxylic acids is 1. The first kappa shape index (κ1) is 31.4. The number of Topliss-reactive ketones (excluding diaryl/α,β-unsaturated/α-hetero) is 1. The summed E-state index contributed by atoms with van der Waals surface area (Å²) in [7, 11) is 0. The number of nitrogens with two attached hydrogens (primary N) is 1. The van der Waals surface area contributed by atoms with Gasteiger partial charge in [-0.3, -0.25) is 14.6 Å². The fraction of sp³-hybridized carbons (Fsp3) is 0.444. The molecule has 0 amide bonds. The summed E-state index contributed by atoms with van der Waals surface area (Å²) in [6.45, 7) is 14.7. The Morgan fingerprint density at radius 2 is 1.73 bits per heavy atom. The van der Waals surface area contributed by atoms with Gasteiger partial charge in [-0.05, 0) is 105 Å². The first-order valence-corrected chi connectivity index (χ1v) is 15.6. The van der Waals surface area contributed by atoms with Crippen molar-refractivity contribution in [2.24, 2.45) is 11.7 Å².